The standard InChI is InChI=1S/C14H24N4/c1-5-13-11(2)17-18(12(13)3)9-7-6-8-14(4,16)10-15/h5-9,16H2,1-4H3. The highest BCUT2D eigenvalue weighted by atomic mass is 15.3. The van der Waals surface area contributed by atoms with E-state index in [9.17, 15) is 0 Å². The fourth-order valence-electron chi connectivity index (χ4n) is 2.27. The second kappa shape index (κ2) is 6.01. The molecular formula is C14H24N4. The number of aryl methyl sites for hydroxylation is 2. The predicted molar refractivity (Wildman–Crippen MR) is 73.1 cm³/mol. The fraction of sp³-hybridized carbons (Fsp3) is 0.714. The Morgan fingerprint density at radius 2 is 2.06 bits per heavy atom. The lowest BCUT2D eigenvalue weighted by molar-refractivity contribution is 0.470. The minimum atomic E-state index is -0.691. The Hall–Kier alpha value is -1.34. The van der Waals surface area contributed by atoms with Crippen molar-refractivity contribution in [2.45, 2.75) is 65.5 Å². The number of nitriles is 1. The summed E-state index contributed by atoms with van der Waals surface area (Å²) >= 11 is 0. The van der Waals surface area contributed by atoms with Crippen LogP contribution in [0.2, 0.25) is 0 Å². The van der Waals surface area contributed by atoms with Crippen molar-refractivity contribution in [2.75, 3.05) is 0 Å². The molecule has 0 saturated carbocycles. The van der Waals surface area contributed by atoms with Crippen molar-refractivity contribution >= 4 is 0 Å². The average Bonchev–Trinajstić information content (AvgIpc) is 2.60. The molecule has 4 nitrogen and oxygen atoms in total. The van der Waals surface area contributed by atoms with Crippen LogP contribution in [0.15, 0.2) is 0 Å². The van der Waals surface area contributed by atoms with Crippen molar-refractivity contribution in [1.82, 2.24) is 9.78 Å². The van der Waals surface area contributed by atoms with Crippen LogP contribution in [0, 0.1) is 25.2 Å². The van der Waals surface area contributed by atoms with Crippen molar-refractivity contribution in [3.63, 3.8) is 0 Å². The Morgan fingerprint density at radius 1 is 1.39 bits per heavy atom. The third-order valence-corrected chi connectivity index (χ3v) is 3.46. The van der Waals surface area contributed by atoms with Gasteiger partial charge < -0.3 is 5.73 Å². The van der Waals surface area contributed by atoms with Crippen LogP contribution in [0.1, 0.15) is 50.1 Å². The summed E-state index contributed by atoms with van der Waals surface area (Å²) in [5.41, 5.74) is 8.86. The molecule has 1 unspecified atom stereocenters. The highest BCUT2D eigenvalue weighted by Gasteiger charge is 2.16. The van der Waals surface area contributed by atoms with E-state index in [2.05, 4.69) is 36.6 Å². The maximum Gasteiger partial charge on any atom is 0.101 e. The Labute approximate surface area is 110 Å². The summed E-state index contributed by atoms with van der Waals surface area (Å²) in [7, 11) is 0. The smallest absolute Gasteiger partial charge is 0.101 e. The van der Waals surface area contributed by atoms with Crippen LogP contribution in [0.3, 0.4) is 0 Å². The van der Waals surface area contributed by atoms with E-state index < -0.39 is 5.54 Å². The van der Waals surface area contributed by atoms with Gasteiger partial charge in [0.2, 0.25) is 0 Å². The zero-order chi connectivity index (χ0) is 13.8. The maximum absolute atomic E-state index is 8.83. The quantitative estimate of drug-likeness (QED) is 0.786. The van der Waals surface area contributed by atoms with Gasteiger partial charge in [0.15, 0.2) is 0 Å². The van der Waals surface area contributed by atoms with Crippen molar-refractivity contribution < 1.29 is 0 Å². The van der Waals surface area contributed by atoms with Gasteiger partial charge >= 0.3 is 0 Å². The summed E-state index contributed by atoms with van der Waals surface area (Å²) in [5, 5.41) is 13.4. The molecule has 1 heterocycles. The minimum Gasteiger partial charge on any atom is -0.314 e. The molecule has 1 rings (SSSR count). The highest BCUT2D eigenvalue weighted by molar-refractivity contribution is 5.24. The van der Waals surface area contributed by atoms with E-state index in [1.807, 2.05) is 0 Å². The van der Waals surface area contributed by atoms with Gasteiger partial charge in [0.25, 0.3) is 0 Å². The van der Waals surface area contributed by atoms with E-state index in [0.29, 0.717) is 0 Å². The van der Waals surface area contributed by atoms with Gasteiger partial charge in [-0.3, -0.25) is 4.68 Å². The lowest BCUT2D eigenvalue weighted by atomic mass is 9.98. The van der Waals surface area contributed by atoms with Gasteiger partial charge in [-0.05, 0) is 52.0 Å². The monoisotopic (exact) mass is 248 g/mol. The maximum atomic E-state index is 8.83. The van der Waals surface area contributed by atoms with Gasteiger partial charge in [0.1, 0.15) is 5.54 Å². The van der Waals surface area contributed by atoms with Crippen LogP contribution < -0.4 is 5.73 Å². The van der Waals surface area contributed by atoms with Crippen molar-refractivity contribution in [1.29, 1.82) is 5.26 Å². The first-order valence-corrected chi connectivity index (χ1v) is 6.64. The van der Waals surface area contributed by atoms with E-state index >= 15 is 0 Å². The largest absolute Gasteiger partial charge is 0.314 e. The van der Waals surface area contributed by atoms with E-state index in [4.69, 9.17) is 11.0 Å². The molecule has 0 radical (unpaired) electrons. The normalized spacial score (nSPS) is 14.2. The topological polar surface area (TPSA) is 67.6 Å². The van der Waals surface area contributed by atoms with Crippen LogP contribution in [0.25, 0.3) is 0 Å². The van der Waals surface area contributed by atoms with E-state index in [1.54, 1.807) is 6.92 Å². The molecular weight excluding hydrogens is 224 g/mol. The summed E-state index contributed by atoms with van der Waals surface area (Å²) in [5.74, 6) is 0. The molecule has 1 atom stereocenters. The van der Waals surface area contributed by atoms with E-state index in [0.717, 1.165) is 37.9 Å². The molecule has 1 aromatic heterocycles. The molecule has 0 fully saturated rings. The van der Waals surface area contributed by atoms with Gasteiger partial charge in [0.05, 0.1) is 11.8 Å². The SMILES string of the molecule is CCc1c(C)nn(CCCCC(C)(N)C#N)c1C. The zero-order valence-electron chi connectivity index (χ0n) is 12.0. The number of aromatic nitrogens is 2. The average molecular weight is 248 g/mol. The van der Waals surface area contributed by atoms with Crippen molar-refractivity contribution in [3.8, 4) is 6.07 Å². The second-order valence-corrected chi connectivity index (χ2v) is 5.21. The molecule has 18 heavy (non-hydrogen) atoms. The first-order chi connectivity index (χ1) is 8.41. The minimum absolute atomic E-state index is 0.691. The number of unbranched alkanes of at least 4 members (excludes halogenated alkanes) is 1. The molecule has 100 valence electrons. The fourth-order valence-corrected chi connectivity index (χ4v) is 2.27. The van der Waals surface area contributed by atoms with Crippen LogP contribution in [-0.2, 0) is 13.0 Å². The molecule has 0 spiro atoms. The Balaban J connectivity index is 2.48. The summed E-state index contributed by atoms with van der Waals surface area (Å²) in [6, 6.07) is 2.13. The molecule has 2 N–H and O–H groups in total. The van der Waals surface area contributed by atoms with E-state index in [1.165, 1.54) is 11.3 Å². The summed E-state index contributed by atoms with van der Waals surface area (Å²) in [6.07, 6.45) is 3.75. The lowest BCUT2D eigenvalue weighted by Gasteiger charge is -2.14. The molecule has 0 saturated heterocycles. The third-order valence-electron chi connectivity index (χ3n) is 3.46. The molecule has 0 aromatic carbocycles. The molecule has 4 heteroatoms. The second-order valence-electron chi connectivity index (χ2n) is 5.21. The Morgan fingerprint density at radius 3 is 2.56 bits per heavy atom. The first kappa shape index (κ1) is 14.7. The summed E-state index contributed by atoms with van der Waals surface area (Å²) in [4.78, 5) is 0. The van der Waals surface area contributed by atoms with Crippen LogP contribution in [-0.4, -0.2) is 15.3 Å². The summed E-state index contributed by atoms with van der Waals surface area (Å²) in [6.45, 7) is 9.05. The van der Waals surface area contributed by atoms with Gasteiger partial charge in [-0.2, -0.15) is 10.4 Å². The summed E-state index contributed by atoms with van der Waals surface area (Å²) < 4.78 is 2.08. The van der Waals surface area contributed by atoms with Gasteiger partial charge in [0, 0.05) is 12.2 Å². The molecule has 0 bridgehead atoms. The van der Waals surface area contributed by atoms with Crippen LogP contribution in [0.4, 0.5) is 0 Å². The Bertz CT molecular complexity index is 437. The Kier molecular flexibility index (Phi) is 4.92. The highest BCUT2D eigenvalue weighted by Crippen LogP contribution is 2.15. The van der Waals surface area contributed by atoms with E-state index in [-0.39, 0.29) is 0 Å². The molecule has 0 aliphatic carbocycles. The van der Waals surface area contributed by atoms with Gasteiger partial charge in [-0.15, -0.1) is 0 Å². The van der Waals surface area contributed by atoms with Gasteiger partial charge in [-0.1, -0.05) is 6.92 Å². The molecule has 0 amide bonds. The predicted octanol–water partition coefficient (Wildman–Crippen LogP) is 2.47. The van der Waals surface area contributed by atoms with Crippen LogP contribution in [0.5, 0.6) is 0 Å². The van der Waals surface area contributed by atoms with Crippen LogP contribution >= 0.6 is 0 Å². The number of hydrogen-bond acceptors (Lipinski definition) is 3. The number of nitrogens with two attached hydrogens (primary N) is 1. The number of rotatable bonds is 6. The third kappa shape index (κ3) is 3.58. The van der Waals surface area contributed by atoms with Crippen molar-refractivity contribution in [2.24, 2.45) is 5.73 Å². The number of hydrogen-bond donors (Lipinski definition) is 1. The zero-order valence-corrected chi connectivity index (χ0v) is 12.0. The molecule has 0 aliphatic rings. The first-order valence-electron chi connectivity index (χ1n) is 6.64. The van der Waals surface area contributed by atoms with Gasteiger partial charge in [-0.25, -0.2) is 0 Å². The lowest BCUT2D eigenvalue weighted by Crippen LogP contribution is -2.33. The van der Waals surface area contributed by atoms with Crippen molar-refractivity contribution in [3.05, 3.63) is 17.0 Å². The molecule has 1 aromatic rings. The molecule has 0 aliphatic heterocycles. The number of nitrogens with zero attached hydrogens (tertiary/aromatic N) is 3.